The molecule has 3 aromatic rings. The fraction of sp³-hybridized carbons (Fsp3) is 0.486. The van der Waals surface area contributed by atoms with Gasteiger partial charge in [-0.3, -0.25) is 14.3 Å². The Morgan fingerprint density at radius 1 is 1.12 bits per heavy atom. The van der Waals surface area contributed by atoms with Crippen LogP contribution in [0.4, 0.5) is 4.79 Å². The van der Waals surface area contributed by atoms with Gasteiger partial charge in [-0.25, -0.2) is 4.79 Å². The van der Waals surface area contributed by atoms with E-state index >= 15 is 0 Å². The van der Waals surface area contributed by atoms with E-state index in [1.54, 1.807) is 18.0 Å². The number of amides is 2. The Hall–Kier alpha value is -4.30. The molecule has 1 aromatic carbocycles. The molecule has 48 heavy (non-hydrogen) atoms. The third-order valence-electron chi connectivity index (χ3n) is 9.47. The molecule has 2 N–H and O–H groups in total. The molecule has 3 aliphatic rings. The van der Waals surface area contributed by atoms with Crippen LogP contribution in [0.15, 0.2) is 59.5 Å². The van der Waals surface area contributed by atoms with Gasteiger partial charge >= 0.3 is 6.09 Å². The molecular weight excluding hydrogens is 625 g/mol. The minimum absolute atomic E-state index is 0.0294. The van der Waals surface area contributed by atoms with Gasteiger partial charge in [-0.05, 0) is 92.7 Å². The van der Waals surface area contributed by atoms with E-state index in [2.05, 4.69) is 50.7 Å². The topological polar surface area (TPSA) is 120 Å². The van der Waals surface area contributed by atoms with Gasteiger partial charge in [-0.1, -0.05) is 55.0 Å². The lowest BCUT2D eigenvalue weighted by Crippen LogP contribution is -2.36. The van der Waals surface area contributed by atoms with E-state index in [1.807, 2.05) is 48.0 Å². The summed E-state index contributed by atoms with van der Waals surface area (Å²) in [6.07, 6.45) is 14.3. The molecule has 3 aliphatic carbocycles. The Morgan fingerprint density at radius 2 is 1.98 bits per heavy atom. The molecule has 0 spiro atoms. The third kappa shape index (κ3) is 8.78. The Bertz CT molecular complexity index is 1670. The molecule has 0 saturated heterocycles. The van der Waals surface area contributed by atoms with Gasteiger partial charge < -0.3 is 20.1 Å². The number of allylic oxidation sites excluding steroid dienone is 2. The third-order valence-corrected chi connectivity index (χ3v) is 10.8. The lowest BCUT2D eigenvalue weighted by molar-refractivity contribution is -0.122. The van der Waals surface area contributed by atoms with Gasteiger partial charge in [0.2, 0.25) is 5.91 Å². The second-order valence-corrected chi connectivity index (χ2v) is 14.3. The molecule has 3 atom stereocenters. The zero-order valence-electron chi connectivity index (χ0n) is 27.7. The van der Waals surface area contributed by atoms with E-state index in [0.29, 0.717) is 48.2 Å². The van der Waals surface area contributed by atoms with Crippen LogP contribution < -0.4 is 15.4 Å². The smallest absolute Gasteiger partial charge is 0.408 e. The first-order chi connectivity index (χ1) is 23.4. The molecule has 2 heterocycles. The quantitative estimate of drug-likeness (QED) is 0.134. The van der Waals surface area contributed by atoms with Crippen LogP contribution in [-0.4, -0.2) is 56.7 Å². The molecule has 2 saturated carbocycles. The van der Waals surface area contributed by atoms with Gasteiger partial charge in [-0.15, -0.1) is 10.2 Å². The SMILES string of the molecule is Cc1cc(OCc2nnc(SC3CCCC3)n2-c2cccnc2)ccc1C#CCOC(=O)NCCNC(=O)CC1C2=CC[C@H](C2)C[C@H]1C. The first-order valence-electron chi connectivity index (χ1n) is 17.0. The summed E-state index contributed by atoms with van der Waals surface area (Å²) >= 11 is 1.78. The second-order valence-electron chi connectivity index (χ2n) is 13.0. The van der Waals surface area contributed by atoms with Crippen molar-refractivity contribution in [2.24, 2.45) is 17.8 Å². The fourth-order valence-corrected chi connectivity index (χ4v) is 8.27. The lowest BCUT2D eigenvalue weighted by atomic mass is 9.74. The van der Waals surface area contributed by atoms with Gasteiger partial charge in [0.1, 0.15) is 12.4 Å². The number of hydrogen-bond acceptors (Lipinski definition) is 8. The van der Waals surface area contributed by atoms with Crippen LogP contribution in [-0.2, 0) is 16.1 Å². The number of nitrogens with zero attached hydrogens (tertiary/aromatic N) is 4. The molecule has 1 unspecified atom stereocenters. The van der Waals surface area contributed by atoms with E-state index in [4.69, 9.17) is 9.47 Å². The van der Waals surface area contributed by atoms with Gasteiger partial charge in [0.25, 0.3) is 0 Å². The maximum absolute atomic E-state index is 12.5. The summed E-state index contributed by atoms with van der Waals surface area (Å²) < 4.78 is 13.4. The number of carbonyl (C=O) groups excluding carboxylic acids is 2. The van der Waals surface area contributed by atoms with Crippen molar-refractivity contribution in [3.8, 4) is 23.3 Å². The van der Waals surface area contributed by atoms with Crippen LogP contribution in [0.2, 0.25) is 0 Å². The van der Waals surface area contributed by atoms with Crippen LogP contribution in [0.5, 0.6) is 5.75 Å². The first-order valence-corrected chi connectivity index (χ1v) is 17.9. The zero-order chi connectivity index (χ0) is 33.3. The monoisotopic (exact) mass is 668 g/mol. The van der Waals surface area contributed by atoms with Crippen LogP contribution in [0, 0.1) is 36.5 Å². The summed E-state index contributed by atoms with van der Waals surface area (Å²) in [5.74, 6) is 9.07. The molecule has 6 rings (SSSR count). The molecule has 252 valence electrons. The normalized spacial score (nSPS) is 20.0. The Kier molecular flexibility index (Phi) is 11.3. The maximum atomic E-state index is 12.5. The molecule has 0 radical (unpaired) electrons. The lowest BCUT2D eigenvalue weighted by Gasteiger charge is -2.31. The number of aryl methyl sites for hydroxylation is 1. The molecular formula is C37H44N6O4S. The van der Waals surface area contributed by atoms with Crippen LogP contribution >= 0.6 is 11.8 Å². The summed E-state index contributed by atoms with van der Waals surface area (Å²) in [5.41, 5.74) is 4.13. The van der Waals surface area contributed by atoms with Crippen LogP contribution in [0.25, 0.3) is 5.69 Å². The highest BCUT2D eigenvalue weighted by molar-refractivity contribution is 7.99. The van der Waals surface area contributed by atoms with Gasteiger partial charge in [0.15, 0.2) is 17.6 Å². The van der Waals surface area contributed by atoms with E-state index in [-0.39, 0.29) is 19.1 Å². The molecule has 2 bridgehead atoms. The number of carbonyl (C=O) groups is 2. The average Bonchev–Trinajstić information content (AvgIpc) is 3.85. The van der Waals surface area contributed by atoms with Crippen molar-refractivity contribution >= 4 is 23.8 Å². The summed E-state index contributed by atoms with van der Waals surface area (Å²) in [7, 11) is 0. The highest BCUT2D eigenvalue weighted by Crippen LogP contribution is 2.45. The number of ether oxygens (including phenoxy) is 2. The fourth-order valence-electron chi connectivity index (χ4n) is 7.00. The predicted octanol–water partition coefficient (Wildman–Crippen LogP) is 6.16. The number of rotatable bonds is 12. The average molecular weight is 669 g/mol. The van der Waals surface area contributed by atoms with Crippen molar-refractivity contribution in [3.63, 3.8) is 0 Å². The number of fused-ring (bicyclic) bond motifs is 2. The van der Waals surface area contributed by atoms with Crippen LogP contribution in [0.1, 0.15) is 75.2 Å². The van der Waals surface area contributed by atoms with E-state index < -0.39 is 6.09 Å². The Labute approximate surface area is 286 Å². The zero-order valence-corrected chi connectivity index (χ0v) is 28.6. The summed E-state index contributed by atoms with van der Waals surface area (Å²) in [6.45, 7) is 5.08. The number of benzene rings is 1. The first kappa shape index (κ1) is 33.6. The molecule has 0 aliphatic heterocycles. The van der Waals surface area contributed by atoms with Crippen molar-refractivity contribution in [2.75, 3.05) is 19.7 Å². The molecule has 11 heteroatoms. The summed E-state index contributed by atoms with van der Waals surface area (Å²) in [4.78, 5) is 28.9. The number of aromatic nitrogens is 4. The van der Waals surface area contributed by atoms with Gasteiger partial charge in [0, 0.05) is 36.5 Å². The minimum Gasteiger partial charge on any atom is -0.486 e. The minimum atomic E-state index is -0.564. The van der Waals surface area contributed by atoms with Gasteiger partial charge in [0.05, 0.1) is 11.9 Å². The van der Waals surface area contributed by atoms with Crippen LogP contribution in [0.3, 0.4) is 0 Å². The Balaban J connectivity index is 0.926. The maximum Gasteiger partial charge on any atom is 0.408 e. The highest BCUT2D eigenvalue weighted by atomic mass is 32.2. The summed E-state index contributed by atoms with van der Waals surface area (Å²) in [6, 6.07) is 9.61. The van der Waals surface area contributed by atoms with E-state index in [0.717, 1.165) is 40.7 Å². The van der Waals surface area contributed by atoms with E-state index in [1.165, 1.54) is 37.7 Å². The molecule has 10 nitrogen and oxygen atoms in total. The molecule has 2 fully saturated rings. The van der Waals surface area contributed by atoms with Crippen molar-refractivity contribution < 1.29 is 19.1 Å². The molecule has 2 amide bonds. The van der Waals surface area contributed by atoms with E-state index in [9.17, 15) is 9.59 Å². The number of thioether (sulfide) groups is 1. The number of hydrogen-bond donors (Lipinski definition) is 2. The number of nitrogens with one attached hydrogen (secondary N) is 2. The number of pyridine rings is 1. The predicted molar refractivity (Wildman–Crippen MR) is 185 cm³/mol. The van der Waals surface area contributed by atoms with Crippen molar-refractivity contribution in [3.05, 3.63) is 71.3 Å². The second kappa shape index (κ2) is 16.2. The van der Waals surface area contributed by atoms with Crippen molar-refractivity contribution in [1.82, 2.24) is 30.4 Å². The highest BCUT2D eigenvalue weighted by Gasteiger charge is 2.35. The van der Waals surface area contributed by atoms with Gasteiger partial charge in [-0.2, -0.15) is 0 Å². The van der Waals surface area contributed by atoms with Crippen molar-refractivity contribution in [1.29, 1.82) is 0 Å². The Morgan fingerprint density at radius 3 is 2.79 bits per heavy atom. The molecule has 2 aromatic heterocycles. The van der Waals surface area contributed by atoms with Crippen molar-refractivity contribution in [2.45, 2.75) is 82.2 Å². The standard InChI is InChI=1S/C37H44N6O4S/c1-25-20-31(47-24-34-41-42-36(48-32-9-3-4-10-32)43(34)30-8-5-15-38-23-30)14-13-28(25)7-6-18-46-37(45)40-17-16-39-35(44)22-33-26(2)19-27-11-12-29(33)21-27/h5,8,12-15,20,23,26-27,32-33H,3-4,9-11,16-19,21-22,24H2,1-2H3,(H,39,44)(H,40,45)/t26-,27+,33?/m1/s1. The largest absolute Gasteiger partial charge is 0.486 e. The summed E-state index contributed by atoms with van der Waals surface area (Å²) in [5, 5.41) is 16.0. The number of alkyl carbamates (subject to hydrolysis) is 1.